The Morgan fingerprint density at radius 3 is 1.42 bits per heavy atom. The van der Waals surface area contributed by atoms with Crippen molar-refractivity contribution in [2.24, 2.45) is 0 Å². The van der Waals surface area contributed by atoms with Crippen LogP contribution in [0.2, 0.25) is 0 Å². The fourth-order valence-electron chi connectivity index (χ4n) is 0.242. The summed E-state index contributed by atoms with van der Waals surface area (Å²) in [6.45, 7) is 0. The maximum absolute atomic E-state index is 4.54. The first-order valence-electron chi connectivity index (χ1n) is 1.75. The zero-order chi connectivity index (χ0) is 5.98. The van der Waals surface area contributed by atoms with E-state index in [1.54, 1.807) is 0 Å². The maximum atomic E-state index is 4.54. The Balaban J connectivity index is -0.0000000800. The Kier molecular flexibility index (Phi) is 27.8. The van der Waals surface area contributed by atoms with Crippen molar-refractivity contribution in [3.63, 3.8) is 0 Å². The molecule has 50 valence electrons. The molecule has 12 heavy (non-hydrogen) atoms. The molecule has 0 aliphatic carbocycles. The van der Waals surface area contributed by atoms with Gasteiger partial charge in [-0.3, -0.25) is 0 Å². The molecule has 0 bridgehead atoms. The standard InChI is InChI=1S/C3H2N3S2.3Na.H2S/c7-2-4-1-5-3(8)6-2;;;;/h(H2,4,5,6,7,8);;;;1H2/q-1;3*+1;/p-3. The van der Waals surface area contributed by atoms with E-state index in [-0.39, 0.29) is 112 Å². The van der Waals surface area contributed by atoms with Crippen molar-refractivity contribution >= 4 is 38.8 Å². The van der Waals surface area contributed by atoms with Crippen LogP contribution in [0.15, 0.2) is 10.3 Å². The molecule has 0 spiro atoms. The molecule has 0 aromatic carbocycles. The number of hydrogen-bond donors (Lipinski definition) is 0. The zero-order valence-corrected chi connectivity index (χ0v) is 15.6. The summed E-state index contributed by atoms with van der Waals surface area (Å²) < 4.78 is 0. The summed E-state index contributed by atoms with van der Waals surface area (Å²) in [7, 11) is 0. The number of thiol groups is 1. The molecule has 3 nitrogen and oxygen atoms in total. The third kappa shape index (κ3) is 10.9. The Hall–Kier alpha value is 2.80. The van der Waals surface area contributed by atoms with E-state index in [9.17, 15) is 0 Å². The normalized spacial score (nSPS) is 6.00. The Morgan fingerprint density at radius 1 is 0.917 bits per heavy atom. The topological polar surface area (TPSA) is 38.7 Å². The fraction of sp³-hybridized carbons (Fsp3) is 0. The minimum absolute atomic E-state index is 0. The smallest absolute Gasteiger partial charge is 0.821 e. The predicted octanol–water partition coefficient (Wildman–Crippen LogP) is -9.77. The quantitative estimate of drug-likeness (QED) is 0.195. The van der Waals surface area contributed by atoms with E-state index in [0.717, 1.165) is 0 Å². The molecule has 1 aromatic rings. The van der Waals surface area contributed by atoms with Gasteiger partial charge in [-0.15, -0.1) is 10.3 Å². The number of rotatable bonds is 0. The molecule has 0 aliphatic rings. The second-order valence-corrected chi connectivity index (χ2v) is 1.73. The van der Waals surface area contributed by atoms with Crippen molar-refractivity contribution in [2.45, 2.75) is 10.3 Å². The van der Waals surface area contributed by atoms with Crippen LogP contribution in [0.25, 0.3) is 0 Å². The van der Waals surface area contributed by atoms with Crippen LogP contribution in [-0.2, 0) is 38.8 Å². The van der Waals surface area contributed by atoms with Gasteiger partial charge < -0.3 is 53.7 Å². The van der Waals surface area contributed by atoms with Crippen LogP contribution in [0, 0.1) is 6.33 Å². The summed E-state index contributed by atoms with van der Waals surface area (Å²) >= 11 is 9.08. The molecule has 0 amide bonds. The van der Waals surface area contributed by atoms with Gasteiger partial charge in [-0.1, -0.05) is 0 Å². The maximum Gasteiger partial charge on any atom is 1.00 e. The molecule has 0 radical (unpaired) electrons. The largest absolute Gasteiger partial charge is 1.00 e. The minimum atomic E-state index is 0. The van der Waals surface area contributed by atoms with Crippen LogP contribution in [0.5, 0.6) is 0 Å². The molecule has 1 rings (SSSR count). The third-order valence-electron chi connectivity index (χ3n) is 0.483. The second-order valence-electron chi connectivity index (χ2n) is 1.00. The molecular formula is C3HN3Na3S3-. The van der Waals surface area contributed by atoms with E-state index in [2.05, 4.69) is 46.5 Å². The van der Waals surface area contributed by atoms with Crippen molar-refractivity contribution in [1.29, 1.82) is 0 Å². The molecule has 0 fully saturated rings. The summed E-state index contributed by atoms with van der Waals surface area (Å²) in [6, 6.07) is 0. The molecule has 1 heterocycles. The molecule has 0 saturated carbocycles. The summed E-state index contributed by atoms with van der Waals surface area (Å²) in [6.07, 6.45) is 2.26. The Bertz CT molecular complexity index is 184. The number of hydrogen-bond acceptors (Lipinski definition) is 6. The second kappa shape index (κ2) is 13.8. The zero-order valence-electron chi connectivity index (χ0n) is 7.11. The molecule has 0 saturated heterocycles. The van der Waals surface area contributed by atoms with Gasteiger partial charge in [-0.25, -0.2) is 0 Å². The van der Waals surface area contributed by atoms with Gasteiger partial charge in [0.25, 0.3) is 0 Å². The van der Waals surface area contributed by atoms with Crippen LogP contribution in [-0.4, -0.2) is 15.0 Å². The van der Waals surface area contributed by atoms with Gasteiger partial charge in [-0.05, 0) is 0 Å². The molecule has 9 heteroatoms. The number of nitrogens with zero attached hydrogens (tertiary/aromatic N) is 3. The minimum Gasteiger partial charge on any atom is -0.821 e. The molecule has 0 N–H and O–H groups in total. The van der Waals surface area contributed by atoms with Gasteiger partial charge >= 0.3 is 88.7 Å². The van der Waals surface area contributed by atoms with Crippen molar-refractivity contribution in [2.75, 3.05) is 0 Å². The Morgan fingerprint density at radius 2 is 1.25 bits per heavy atom. The van der Waals surface area contributed by atoms with E-state index in [1.165, 1.54) is 0 Å². The summed E-state index contributed by atoms with van der Waals surface area (Å²) in [4.78, 5) is 10.4. The van der Waals surface area contributed by atoms with Gasteiger partial charge in [0.15, 0.2) is 0 Å². The first-order chi connectivity index (χ1) is 3.79. The van der Waals surface area contributed by atoms with Crippen LogP contribution in [0.4, 0.5) is 0 Å². The summed E-state index contributed by atoms with van der Waals surface area (Å²) in [5.41, 5.74) is 0. The SMILES string of the molecule is [Na+].[Na+].[Na+].[S-]c1n[c-]nc([S-])n1.[SH-]. The van der Waals surface area contributed by atoms with Gasteiger partial charge in [0.05, 0.1) is 0 Å². The molecule has 1 aromatic heterocycles. The molecule has 0 atom stereocenters. The number of aromatic nitrogens is 3. The average Bonchev–Trinajstić information content (AvgIpc) is 1.64. The van der Waals surface area contributed by atoms with E-state index in [4.69, 9.17) is 0 Å². The van der Waals surface area contributed by atoms with Gasteiger partial charge in [0, 0.05) is 6.33 Å². The van der Waals surface area contributed by atoms with Gasteiger partial charge in [0.1, 0.15) is 0 Å². The van der Waals surface area contributed by atoms with Crippen molar-refractivity contribution in [3.05, 3.63) is 6.33 Å². The Labute approximate surface area is 156 Å². The van der Waals surface area contributed by atoms with Gasteiger partial charge in [-0.2, -0.15) is 0 Å². The fourth-order valence-corrected chi connectivity index (χ4v) is 0.555. The van der Waals surface area contributed by atoms with Crippen LogP contribution >= 0.6 is 0 Å². The first kappa shape index (κ1) is 24.2. The van der Waals surface area contributed by atoms with Crippen molar-refractivity contribution < 1.29 is 88.7 Å². The van der Waals surface area contributed by atoms with Crippen molar-refractivity contribution in [3.8, 4) is 0 Å². The van der Waals surface area contributed by atoms with Gasteiger partial charge in [0.2, 0.25) is 0 Å². The molecule has 0 unspecified atom stereocenters. The van der Waals surface area contributed by atoms with E-state index in [0.29, 0.717) is 0 Å². The van der Waals surface area contributed by atoms with Crippen LogP contribution in [0.1, 0.15) is 0 Å². The first-order valence-corrected chi connectivity index (χ1v) is 2.57. The van der Waals surface area contributed by atoms with Crippen molar-refractivity contribution in [1.82, 2.24) is 15.0 Å². The van der Waals surface area contributed by atoms with E-state index in [1.807, 2.05) is 0 Å². The van der Waals surface area contributed by atoms with Crippen LogP contribution in [0.3, 0.4) is 0 Å². The predicted molar refractivity (Wildman–Crippen MR) is 38.7 cm³/mol. The molecular weight excluding hydrogens is 243 g/mol. The summed E-state index contributed by atoms with van der Waals surface area (Å²) in [5, 5.41) is 0.398. The third-order valence-corrected chi connectivity index (χ3v) is 0.848. The van der Waals surface area contributed by atoms with Crippen LogP contribution < -0.4 is 88.7 Å². The monoisotopic (exact) mass is 244 g/mol. The summed E-state index contributed by atoms with van der Waals surface area (Å²) in [5.74, 6) is 0. The average molecular weight is 244 g/mol. The molecule has 0 aliphatic heterocycles. The van der Waals surface area contributed by atoms with E-state index >= 15 is 0 Å². The van der Waals surface area contributed by atoms with E-state index < -0.39 is 0 Å².